The smallest absolute Gasteiger partial charge is 0.341 e. The zero-order valence-electron chi connectivity index (χ0n) is 18.2. The van der Waals surface area contributed by atoms with Crippen molar-refractivity contribution in [1.29, 1.82) is 0 Å². The lowest BCUT2D eigenvalue weighted by Gasteiger charge is -2.09. The molecular weight excluding hydrogens is 420 g/mol. The van der Waals surface area contributed by atoms with E-state index < -0.39 is 11.9 Å². The zero-order chi connectivity index (χ0) is 23.0. The van der Waals surface area contributed by atoms with Crippen LogP contribution >= 0.6 is 11.3 Å². The molecule has 0 radical (unpaired) electrons. The van der Waals surface area contributed by atoms with Crippen LogP contribution in [-0.2, 0) is 14.3 Å². The number of amides is 2. The highest BCUT2D eigenvalue weighted by Gasteiger charge is 2.27. The Morgan fingerprint density at radius 1 is 1.16 bits per heavy atom. The van der Waals surface area contributed by atoms with Crippen molar-refractivity contribution in [3.8, 4) is 5.75 Å². The number of nitrogens with one attached hydrogen (secondary N) is 1. The van der Waals surface area contributed by atoms with Crippen molar-refractivity contribution in [2.24, 2.45) is 0 Å². The summed E-state index contributed by atoms with van der Waals surface area (Å²) in [6, 6.07) is 7.11. The molecule has 0 saturated carbocycles. The highest BCUT2D eigenvalue weighted by molar-refractivity contribution is 7.18. The van der Waals surface area contributed by atoms with Gasteiger partial charge in [0.05, 0.1) is 17.0 Å². The predicted molar refractivity (Wildman–Crippen MR) is 120 cm³/mol. The minimum absolute atomic E-state index is 0.152. The summed E-state index contributed by atoms with van der Waals surface area (Å²) in [6.45, 7) is 3.69. The molecule has 8 nitrogen and oxygen atoms in total. The summed E-state index contributed by atoms with van der Waals surface area (Å²) in [5.41, 5.74) is 1.46. The molecular formula is C22H26N2O6S. The summed E-state index contributed by atoms with van der Waals surface area (Å²) in [6.07, 6.45) is 2.98. The average Bonchev–Trinajstić information content (AvgIpc) is 3.06. The molecule has 166 valence electrons. The average molecular weight is 447 g/mol. The topological polar surface area (TPSA) is 94.2 Å². The summed E-state index contributed by atoms with van der Waals surface area (Å²) >= 11 is 1.05. The number of anilines is 1. The highest BCUT2D eigenvalue weighted by atomic mass is 32.1. The number of ether oxygens (including phenoxy) is 3. The summed E-state index contributed by atoms with van der Waals surface area (Å²) in [7, 11) is 4.79. The molecule has 0 fully saturated rings. The van der Waals surface area contributed by atoms with Crippen LogP contribution in [0.2, 0.25) is 0 Å². The zero-order valence-corrected chi connectivity index (χ0v) is 19.0. The van der Waals surface area contributed by atoms with Gasteiger partial charge in [0.15, 0.2) is 6.79 Å². The van der Waals surface area contributed by atoms with E-state index in [1.807, 2.05) is 0 Å². The summed E-state index contributed by atoms with van der Waals surface area (Å²) in [5.74, 6) is -0.620. The Balaban J connectivity index is 2.20. The predicted octanol–water partition coefficient (Wildman–Crippen LogP) is 3.57. The van der Waals surface area contributed by atoms with Crippen molar-refractivity contribution >= 4 is 40.2 Å². The van der Waals surface area contributed by atoms with Crippen LogP contribution in [0, 0.1) is 6.92 Å². The van der Waals surface area contributed by atoms with Gasteiger partial charge in [-0.1, -0.05) is 12.1 Å². The first-order valence-corrected chi connectivity index (χ1v) is 10.3. The summed E-state index contributed by atoms with van der Waals surface area (Å²) in [4.78, 5) is 39.1. The van der Waals surface area contributed by atoms with Gasteiger partial charge in [-0.25, -0.2) is 4.79 Å². The fourth-order valence-corrected chi connectivity index (χ4v) is 3.80. The van der Waals surface area contributed by atoms with Crippen LogP contribution in [0.5, 0.6) is 5.75 Å². The number of hydrogen-bond acceptors (Lipinski definition) is 7. The minimum atomic E-state index is -0.583. The van der Waals surface area contributed by atoms with Gasteiger partial charge in [-0.05, 0) is 43.2 Å². The molecule has 9 heteroatoms. The van der Waals surface area contributed by atoms with Crippen molar-refractivity contribution in [2.45, 2.75) is 13.8 Å². The molecule has 2 amide bonds. The Hall–Kier alpha value is -3.17. The normalized spacial score (nSPS) is 10.7. The molecule has 0 bridgehead atoms. The maximum absolute atomic E-state index is 12.5. The quantitative estimate of drug-likeness (QED) is 0.360. The third-order valence-corrected chi connectivity index (χ3v) is 5.31. The fourth-order valence-electron chi connectivity index (χ4n) is 2.59. The molecule has 1 heterocycles. The lowest BCUT2D eigenvalue weighted by molar-refractivity contribution is -0.111. The number of rotatable bonds is 9. The van der Waals surface area contributed by atoms with Crippen LogP contribution < -0.4 is 10.1 Å². The van der Waals surface area contributed by atoms with Gasteiger partial charge >= 0.3 is 5.97 Å². The molecule has 2 aromatic rings. The van der Waals surface area contributed by atoms with E-state index in [0.717, 1.165) is 16.9 Å². The molecule has 0 aliphatic rings. The number of methoxy groups -OCH3 is 1. The minimum Gasteiger partial charge on any atom is -0.468 e. The molecule has 0 aliphatic carbocycles. The number of carbonyl (C=O) groups is 3. The van der Waals surface area contributed by atoms with Gasteiger partial charge in [0.25, 0.3) is 5.91 Å². The van der Waals surface area contributed by atoms with Crippen molar-refractivity contribution in [2.75, 3.05) is 39.9 Å². The molecule has 2 rings (SSSR count). The lowest BCUT2D eigenvalue weighted by Crippen LogP contribution is -2.21. The number of esters is 1. The molecule has 1 N–H and O–H groups in total. The van der Waals surface area contributed by atoms with E-state index in [1.54, 1.807) is 58.3 Å². The van der Waals surface area contributed by atoms with Crippen LogP contribution in [0.3, 0.4) is 0 Å². The second-order valence-electron chi connectivity index (χ2n) is 6.62. The Morgan fingerprint density at radius 3 is 2.42 bits per heavy atom. The number of nitrogens with zero attached hydrogens (tertiary/aromatic N) is 1. The van der Waals surface area contributed by atoms with Crippen molar-refractivity contribution in [3.63, 3.8) is 0 Å². The van der Waals surface area contributed by atoms with E-state index in [-0.39, 0.29) is 29.9 Å². The van der Waals surface area contributed by atoms with Gasteiger partial charge in [0.1, 0.15) is 10.8 Å². The first-order chi connectivity index (χ1) is 14.8. The molecule has 0 atom stereocenters. The fraction of sp³-hybridized carbons (Fsp3) is 0.318. The van der Waals surface area contributed by atoms with Crippen molar-refractivity contribution in [3.05, 3.63) is 51.9 Å². The van der Waals surface area contributed by atoms with E-state index in [0.29, 0.717) is 16.2 Å². The van der Waals surface area contributed by atoms with Crippen molar-refractivity contribution in [1.82, 2.24) is 4.90 Å². The van der Waals surface area contributed by atoms with Crippen LogP contribution in [0.4, 0.5) is 5.00 Å². The number of benzene rings is 1. The Bertz CT molecular complexity index is 963. The van der Waals surface area contributed by atoms with Gasteiger partial charge in [-0.3, -0.25) is 9.59 Å². The number of carbonyl (C=O) groups excluding carboxylic acids is 3. The number of hydrogen-bond donors (Lipinski definition) is 1. The molecule has 0 aliphatic heterocycles. The Morgan fingerprint density at radius 2 is 1.84 bits per heavy atom. The van der Waals surface area contributed by atoms with Gasteiger partial charge in [0, 0.05) is 27.3 Å². The Labute approximate surface area is 185 Å². The Kier molecular flexibility index (Phi) is 8.77. The second-order valence-corrected chi connectivity index (χ2v) is 7.64. The third-order valence-electron chi connectivity index (χ3n) is 4.11. The van der Waals surface area contributed by atoms with Gasteiger partial charge < -0.3 is 24.4 Å². The van der Waals surface area contributed by atoms with E-state index in [9.17, 15) is 14.4 Å². The monoisotopic (exact) mass is 446 g/mol. The first-order valence-electron chi connectivity index (χ1n) is 9.51. The molecule has 0 saturated heterocycles. The molecule has 0 unspecified atom stereocenters. The van der Waals surface area contributed by atoms with Crippen LogP contribution in [0.1, 0.15) is 38.1 Å². The molecule has 1 aromatic carbocycles. The SMILES string of the molecule is CCOC(=O)c1c(NC(=O)/C=C/c2ccc(OCOC)cc2)sc(C(=O)N(C)C)c1C. The standard InChI is InChI=1S/C22H26N2O6S/c1-6-29-22(27)18-14(2)19(21(26)24(3)4)31-20(18)23-17(25)12-9-15-7-10-16(11-8-15)30-13-28-5/h7-12H,6,13H2,1-5H3,(H,23,25)/b12-9+. The molecule has 1 aromatic heterocycles. The van der Waals surface area contributed by atoms with Crippen LogP contribution in [0.15, 0.2) is 30.3 Å². The summed E-state index contributed by atoms with van der Waals surface area (Å²) < 4.78 is 15.3. The maximum Gasteiger partial charge on any atom is 0.341 e. The van der Waals surface area contributed by atoms with Crippen molar-refractivity contribution < 1.29 is 28.6 Å². The van der Waals surface area contributed by atoms with Gasteiger partial charge in [0.2, 0.25) is 5.91 Å². The van der Waals surface area contributed by atoms with Crippen LogP contribution in [-0.4, -0.2) is 57.3 Å². The molecule has 31 heavy (non-hydrogen) atoms. The van der Waals surface area contributed by atoms with E-state index >= 15 is 0 Å². The van der Waals surface area contributed by atoms with Gasteiger partial charge in [-0.15, -0.1) is 11.3 Å². The number of thiophene rings is 1. The lowest BCUT2D eigenvalue weighted by atomic mass is 10.1. The second kappa shape index (κ2) is 11.3. The van der Waals surface area contributed by atoms with E-state index in [1.165, 1.54) is 18.1 Å². The summed E-state index contributed by atoms with van der Waals surface area (Å²) in [5, 5.41) is 2.97. The van der Waals surface area contributed by atoms with Gasteiger partial charge in [-0.2, -0.15) is 0 Å². The molecule has 0 spiro atoms. The first kappa shape index (κ1) is 24.1. The maximum atomic E-state index is 12.5. The third kappa shape index (κ3) is 6.40. The van der Waals surface area contributed by atoms with Crippen LogP contribution in [0.25, 0.3) is 6.08 Å². The largest absolute Gasteiger partial charge is 0.468 e. The highest BCUT2D eigenvalue weighted by Crippen LogP contribution is 2.34. The van der Waals surface area contributed by atoms with E-state index in [4.69, 9.17) is 14.2 Å². The van der Waals surface area contributed by atoms with E-state index in [2.05, 4.69) is 5.32 Å².